The van der Waals surface area contributed by atoms with Crippen molar-refractivity contribution < 1.29 is 0 Å². The van der Waals surface area contributed by atoms with Crippen LogP contribution < -0.4 is 22.1 Å². The van der Waals surface area contributed by atoms with Gasteiger partial charge in [-0.1, -0.05) is 38.1 Å². The Hall–Kier alpha value is -3.39. The Bertz CT molecular complexity index is 1130. The smallest absolute Gasteiger partial charge is 0.224 e. The van der Waals surface area contributed by atoms with Crippen LogP contribution in [0, 0.1) is 17.2 Å². The molecule has 0 bridgehead atoms. The highest BCUT2D eigenvalue weighted by molar-refractivity contribution is 6.33. The van der Waals surface area contributed by atoms with Crippen LogP contribution in [-0.4, -0.2) is 59.0 Å². The van der Waals surface area contributed by atoms with Gasteiger partial charge in [0.15, 0.2) is 5.82 Å². The topological polar surface area (TPSA) is 145 Å². The minimum atomic E-state index is 0.0517. The molecule has 1 fully saturated rings. The molecule has 1 saturated heterocycles. The molecular weight excluding hydrogens is 464 g/mol. The highest BCUT2D eigenvalue weighted by atomic mass is 35.5. The molecule has 1 aromatic heterocycles. The van der Waals surface area contributed by atoms with Crippen molar-refractivity contribution in [2.75, 3.05) is 50.0 Å². The van der Waals surface area contributed by atoms with Crippen LogP contribution in [0.5, 0.6) is 0 Å². The minimum absolute atomic E-state index is 0.0517. The quantitative estimate of drug-likeness (QED) is 0.488. The summed E-state index contributed by atoms with van der Waals surface area (Å²) >= 11 is 6.43. The van der Waals surface area contributed by atoms with Crippen LogP contribution in [0.15, 0.2) is 29.8 Å². The largest absolute Gasteiger partial charge is 0.382 e. The molecule has 0 unspecified atom stereocenters. The summed E-state index contributed by atoms with van der Waals surface area (Å²) in [4.78, 5) is 12.3. The molecule has 35 heavy (non-hydrogen) atoms. The van der Waals surface area contributed by atoms with Crippen LogP contribution in [0.3, 0.4) is 0 Å². The first-order valence-corrected chi connectivity index (χ1v) is 12.0. The van der Waals surface area contributed by atoms with E-state index in [2.05, 4.69) is 51.0 Å². The second-order valence-corrected chi connectivity index (χ2v) is 9.02. The van der Waals surface area contributed by atoms with Gasteiger partial charge in [-0.3, -0.25) is 5.01 Å². The predicted octanol–water partition coefficient (Wildman–Crippen LogP) is 3.47. The van der Waals surface area contributed by atoms with Crippen LogP contribution in [0.4, 0.5) is 23.3 Å². The molecule has 4 rings (SSSR count). The van der Waals surface area contributed by atoms with E-state index in [1.165, 1.54) is 0 Å². The molecule has 6 N–H and O–H groups in total. The second kappa shape index (κ2) is 11.8. The number of nitrogens with two attached hydrogens (primary N) is 2. The normalized spacial score (nSPS) is 15.6. The van der Waals surface area contributed by atoms with Crippen LogP contribution in [-0.2, 0) is 0 Å². The number of benzene rings is 1. The fourth-order valence-corrected chi connectivity index (χ4v) is 4.17. The zero-order valence-corrected chi connectivity index (χ0v) is 21.2. The van der Waals surface area contributed by atoms with Gasteiger partial charge in [0, 0.05) is 45.2 Å². The van der Waals surface area contributed by atoms with Crippen molar-refractivity contribution in [3.05, 3.63) is 40.9 Å². The number of hydrazine groups is 1. The van der Waals surface area contributed by atoms with Gasteiger partial charge in [-0.2, -0.15) is 15.2 Å². The Labute approximate surface area is 211 Å². The zero-order valence-electron chi connectivity index (χ0n) is 20.5. The molecule has 2 aromatic rings. The molecule has 0 amide bonds. The monoisotopic (exact) mass is 496 g/mol. The summed E-state index contributed by atoms with van der Waals surface area (Å²) in [6.45, 7) is 12.7. The second-order valence-electron chi connectivity index (χ2n) is 8.61. The summed E-state index contributed by atoms with van der Waals surface area (Å²) in [5.74, 6) is 2.23. The average molecular weight is 497 g/mol. The van der Waals surface area contributed by atoms with Gasteiger partial charge < -0.3 is 22.1 Å². The number of nitriles is 1. The summed E-state index contributed by atoms with van der Waals surface area (Å²) in [5.41, 5.74) is 13.8. The fraction of sp³-hybridized carbons (Fsp3) is 0.417. The van der Waals surface area contributed by atoms with Gasteiger partial charge in [-0.25, -0.2) is 10.0 Å². The van der Waals surface area contributed by atoms with Gasteiger partial charge in [0.1, 0.15) is 23.3 Å². The first-order valence-electron chi connectivity index (χ1n) is 11.6. The molecule has 0 aliphatic carbocycles. The molecule has 2 aliphatic heterocycles. The molecule has 0 atom stereocenters. The number of aliphatic imine (C=N–C) groups is 1. The Balaban J connectivity index is 0.000000241. The predicted molar refractivity (Wildman–Crippen MR) is 143 cm³/mol. The highest BCUT2D eigenvalue weighted by Gasteiger charge is 2.30. The highest BCUT2D eigenvalue weighted by Crippen LogP contribution is 2.39. The van der Waals surface area contributed by atoms with Gasteiger partial charge >= 0.3 is 0 Å². The van der Waals surface area contributed by atoms with E-state index in [1.807, 2.05) is 24.3 Å². The molecule has 0 radical (unpaired) electrons. The summed E-state index contributed by atoms with van der Waals surface area (Å²) < 4.78 is 0. The lowest BCUT2D eigenvalue weighted by Crippen LogP contribution is -2.54. The Morgan fingerprint density at radius 2 is 1.97 bits per heavy atom. The van der Waals surface area contributed by atoms with E-state index in [9.17, 15) is 0 Å². The standard InChI is InChI=1S/C18H25ClN4.C6H8N6/c1-13(2)7-8-17-21-16-6-4-5-15(19)18(16)14(3)23(17)22-11-9-20-10-12-22;1-10-5-3(2-7)4(8)11-6(9)12-5/h4-6,13,20H,3,7-12H2,1-2H3;1H3,(H5,8,9,10,11,12). The first-order chi connectivity index (χ1) is 16.8. The van der Waals surface area contributed by atoms with E-state index < -0.39 is 0 Å². The van der Waals surface area contributed by atoms with Crippen molar-refractivity contribution in [3.63, 3.8) is 0 Å². The van der Waals surface area contributed by atoms with Crippen molar-refractivity contribution >= 4 is 46.4 Å². The summed E-state index contributed by atoms with van der Waals surface area (Å²) in [7, 11) is 1.63. The lowest BCUT2D eigenvalue weighted by molar-refractivity contribution is 0.0815. The van der Waals surface area contributed by atoms with Crippen molar-refractivity contribution in [2.45, 2.75) is 26.7 Å². The third kappa shape index (κ3) is 6.19. The van der Waals surface area contributed by atoms with Crippen molar-refractivity contribution in [1.29, 1.82) is 5.26 Å². The number of aromatic nitrogens is 2. The first kappa shape index (κ1) is 26.2. The van der Waals surface area contributed by atoms with Crippen molar-refractivity contribution in [1.82, 2.24) is 25.3 Å². The minimum Gasteiger partial charge on any atom is -0.382 e. The molecule has 1 aromatic carbocycles. The van der Waals surface area contributed by atoms with Gasteiger partial charge in [0.2, 0.25) is 5.95 Å². The van der Waals surface area contributed by atoms with E-state index >= 15 is 0 Å². The number of halogens is 1. The molecule has 3 heterocycles. The van der Waals surface area contributed by atoms with E-state index in [0.29, 0.717) is 11.7 Å². The van der Waals surface area contributed by atoms with E-state index in [-0.39, 0.29) is 17.3 Å². The lowest BCUT2D eigenvalue weighted by Gasteiger charge is -2.42. The summed E-state index contributed by atoms with van der Waals surface area (Å²) in [5, 5.41) is 20.0. The van der Waals surface area contributed by atoms with Gasteiger partial charge in [0.05, 0.1) is 16.4 Å². The van der Waals surface area contributed by atoms with Crippen LogP contribution in [0.2, 0.25) is 5.02 Å². The lowest BCUT2D eigenvalue weighted by atomic mass is 10.0. The van der Waals surface area contributed by atoms with Crippen molar-refractivity contribution in [3.8, 4) is 6.07 Å². The average Bonchev–Trinajstić information content (AvgIpc) is 2.83. The van der Waals surface area contributed by atoms with Crippen molar-refractivity contribution in [2.24, 2.45) is 10.9 Å². The number of nitrogen functional groups attached to an aromatic ring is 2. The number of rotatable bonds is 5. The van der Waals surface area contributed by atoms with Crippen LogP contribution in [0.1, 0.15) is 37.8 Å². The number of nitrogens with zero attached hydrogens (tertiary/aromatic N) is 6. The summed E-state index contributed by atoms with van der Waals surface area (Å²) in [6.07, 6.45) is 2.07. The van der Waals surface area contributed by atoms with Gasteiger partial charge in [-0.15, -0.1) is 0 Å². The zero-order chi connectivity index (χ0) is 25.5. The van der Waals surface area contributed by atoms with Gasteiger partial charge in [0.25, 0.3) is 0 Å². The molecule has 0 spiro atoms. The number of hydrogen-bond donors (Lipinski definition) is 4. The number of piperazine rings is 1. The SMILES string of the molecule is C=C1c2c(Cl)cccc2N=C(CCC(C)C)N1N1CCNCC1.CNc1nc(N)nc(N)c1C#N. The van der Waals surface area contributed by atoms with Crippen LogP contribution >= 0.6 is 11.6 Å². The maximum atomic E-state index is 8.63. The Morgan fingerprint density at radius 1 is 1.26 bits per heavy atom. The van der Waals surface area contributed by atoms with Crippen LogP contribution in [0.25, 0.3) is 5.70 Å². The molecule has 2 aliphatic rings. The number of amidine groups is 1. The molecule has 10 nitrogen and oxygen atoms in total. The number of anilines is 3. The van der Waals surface area contributed by atoms with E-state index in [4.69, 9.17) is 33.3 Å². The number of nitrogens with one attached hydrogen (secondary N) is 2. The fourth-order valence-electron chi connectivity index (χ4n) is 3.89. The number of hydrogen-bond acceptors (Lipinski definition) is 10. The molecule has 0 saturated carbocycles. The summed E-state index contributed by atoms with van der Waals surface area (Å²) in [6, 6.07) is 7.77. The third-order valence-electron chi connectivity index (χ3n) is 5.65. The molecule has 186 valence electrons. The maximum absolute atomic E-state index is 8.63. The molecule has 11 heteroatoms. The van der Waals surface area contributed by atoms with E-state index in [0.717, 1.165) is 66.8 Å². The molecular formula is C24H33ClN10. The van der Waals surface area contributed by atoms with E-state index in [1.54, 1.807) is 7.05 Å². The number of fused-ring (bicyclic) bond motifs is 1. The third-order valence-corrected chi connectivity index (χ3v) is 5.97. The Kier molecular flexibility index (Phi) is 8.87. The van der Waals surface area contributed by atoms with Gasteiger partial charge in [-0.05, 0) is 24.5 Å². The maximum Gasteiger partial charge on any atom is 0.224 e. The Morgan fingerprint density at radius 3 is 2.60 bits per heavy atom.